The number of aryl methyl sites for hydroxylation is 1. The number of nitrogens with one attached hydrogen (secondary N) is 2. The van der Waals surface area contributed by atoms with Gasteiger partial charge in [-0.2, -0.15) is 15.1 Å². The van der Waals surface area contributed by atoms with Gasteiger partial charge in [-0.1, -0.05) is 36.8 Å². The summed E-state index contributed by atoms with van der Waals surface area (Å²) < 4.78 is 10.6. The Morgan fingerprint density at radius 1 is 1.31 bits per heavy atom. The lowest BCUT2D eigenvalue weighted by Crippen LogP contribution is -2.29. The van der Waals surface area contributed by atoms with E-state index in [0.29, 0.717) is 31.3 Å². The molecule has 0 unspecified atom stereocenters. The van der Waals surface area contributed by atoms with E-state index in [4.69, 9.17) is 9.47 Å². The van der Waals surface area contributed by atoms with Gasteiger partial charge in [0.25, 0.3) is 0 Å². The molecule has 1 aliphatic rings. The van der Waals surface area contributed by atoms with Crippen LogP contribution in [0.3, 0.4) is 0 Å². The highest BCUT2D eigenvalue weighted by atomic mass is 16.6. The summed E-state index contributed by atoms with van der Waals surface area (Å²) in [5.74, 6) is 1.16. The lowest BCUT2D eigenvalue weighted by Gasteiger charge is -2.13. The predicted molar refractivity (Wildman–Crippen MR) is 112 cm³/mol. The van der Waals surface area contributed by atoms with Crippen LogP contribution in [0.1, 0.15) is 24.5 Å². The van der Waals surface area contributed by atoms with Crippen molar-refractivity contribution in [1.82, 2.24) is 14.9 Å². The zero-order valence-corrected chi connectivity index (χ0v) is 16.7. The van der Waals surface area contributed by atoms with Crippen molar-refractivity contribution >= 4 is 23.9 Å². The van der Waals surface area contributed by atoms with Crippen LogP contribution in [-0.4, -0.2) is 60.0 Å². The van der Waals surface area contributed by atoms with Crippen molar-refractivity contribution in [2.75, 3.05) is 43.6 Å². The maximum absolute atomic E-state index is 11.5. The average molecular weight is 398 g/mol. The molecule has 2 N–H and O–H groups in total. The maximum atomic E-state index is 11.5. The van der Waals surface area contributed by atoms with Gasteiger partial charge in [0.15, 0.2) is 5.82 Å². The molecule has 1 aromatic heterocycles. The number of carbonyl (C=O) groups excluding carboxylic acids is 1. The molecule has 0 atom stereocenters. The fourth-order valence-electron chi connectivity index (χ4n) is 2.69. The number of anilines is 2. The molecule has 29 heavy (non-hydrogen) atoms. The number of carbonyl (C=O) groups is 1. The highest BCUT2D eigenvalue weighted by molar-refractivity contribution is 5.80. The first-order chi connectivity index (χ1) is 14.1. The summed E-state index contributed by atoms with van der Waals surface area (Å²) in [7, 11) is 0. The van der Waals surface area contributed by atoms with Crippen LogP contribution in [0, 0.1) is 6.92 Å². The minimum atomic E-state index is -0.319. The van der Waals surface area contributed by atoms with Gasteiger partial charge in [-0.15, -0.1) is 0 Å². The molecule has 1 aliphatic heterocycles. The molecule has 0 bridgehead atoms. The van der Waals surface area contributed by atoms with Gasteiger partial charge >= 0.3 is 12.1 Å². The number of aromatic nitrogens is 2. The van der Waals surface area contributed by atoms with E-state index in [2.05, 4.69) is 32.7 Å². The zero-order chi connectivity index (χ0) is 20.5. The first-order valence-corrected chi connectivity index (χ1v) is 9.67. The number of ether oxygens (including phenoxy) is 2. The van der Waals surface area contributed by atoms with Crippen molar-refractivity contribution in [1.29, 1.82) is 0 Å². The van der Waals surface area contributed by atoms with Crippen LogP contribution < -0.4 is 15.5 Å². The van der Waals surface area contributed by atoms with Crippen molar-refractivity contribution in [2.24, 2.45) is 5.10 Å². The van der Waals surface area contributed by atoms with Gasteiger partial charge in [-0.3, -0.25) is 5.43 Å². The number of cyclic esters (lactones) is 1. The maximum Gasteiger partial charge on any atom is 0.410 e. The summed E-state index contributed by atoms with van der Waals surface area (Å²) >= 11 is 0. The van der Waals surface area contributed by atoms with Crippen LogP contribution in [0.25, 0.3) is 0 Å². The van der Waals surface area contributed by atoms with E-state index in [9.17, 15) is 4.79 Å². The third-order valence-electron chi connectivity index (χ3n) is 4.13. The Morgan fingerprint density at radius 3 is 2.93 bits per heavy atom. The van der Waals surface area contributed by atoms with Gasteiger partial charge in [-0.05, 0) is 18.9 Å². The first-order valence-electron chi connectivity index (χ1n) is 9.67. The molecule has 1 amide bonds. The second kappa shape index (κ2) is 10.3. The average Bonchev–Trinajstić information content (AvgIpc) is 3.11. The number of hydrazone groups is 1. The molecular weight excluding hydrogens is 372 g/mol. The predicted octanol–water partition coefficient (Wildman–Crippen LogP) is 2.88. The van der Waals surface area contributed by atoms with Crippen molar-refractivity contribution in [2.45, 2.75) is 20.3 Å². The Morgan fingerprint density at radius 2 is 2.17 bits per heavy atom. The smallest absolute Gasteiger partial charge is 0.410 e. The van der Waals surface area contributed by atoms with Gasteiger partial charge in [0.1, 0.15) is 19.0 Å². The summed E-state index contributed by atoms with van der Waals surface area (Å²) in [4.78, 5) is 21.8. The fraction of sp³-hybridized carbons (Fsp3) is 0.400. The summed E-state index contributed by atoms with van der Waals surface area (Å²) in [6.45, 7) is 6.57. The molecule has 9 heteroatoms. The molecule has 0 saturated carbocycles. The quantitative estimate of drug-likeness (QED) is 0.469. The van der Waals surface area contributed by atoms with Crippen molar-refractivity contribution < 1.29 is 14.3 Å². The van der Waals surface area contributed by atoms with Gasteiger partial charge in [-0.25, -0.2) is 4.79 Å². The van der Waals surface area contributed by atoms with Crippen LogP contribution in [0.2, 0.25) is 0 Å². The van der Waals surface area contributed by atoms with Gasteiger partial charge < -0.3 is 19.7 Å². The molecule has 1 saturated heterocycles. The van der Waals surface area contributed by atoms with Crippen LogP contribution in [0.15, 0.2) is 35.4 Å². The van der Waals surface area contributed by atoms with E-state index in [1.807, 2.05) is 31.2 Å². The Bertz CT molecular complexity index is 858. The molecule has 0 aliphatic carbocycles. The first kappa shape index (κ1) is 20.4. The number of amides is 1. The lowest BCUT2D eigenvalue weighted by molar-refractivity contribution is 0.152. The number of hydrogen-bond donors (Lipinski definition) is 2. The highest BCUT2D eigenvalue weighted by Gasteiger charge is 2.21. The van der Waals surface area contributed by atoms with Crippen LogP contribution >= 0.6 is 0 Å². The summed E-state index contributed by atoms with van der Waals surface area (Å²) in [5, 5.41) is 7.47. The summed E-state index contributed by atoms with van der Waals surface area (Å²) in [6, 6.07) is 10.0. The van der Waals surface area contributed by atoms with E-state index < -0.39 is 0 Å². The second-order valence-corrected chi connectivity index (χ2v) is 6.58. The van der Waals surface area contributed by atoms with Crippen LogP contribution in [0.5, 0.6) is 6.01 Å². The van der Waals surface area contributed by atoms with Crippen LogP contribution in [-0.2, 0) is 4.74 Å². The zero-order valence-electron chi connectivity index (χ0n) is 16.7. The molecule has 9 nitrogen and oxygen atoms in total. The van der Waals surface area contributed by atoms with E-state index >= 15 is 0 Å². The van der Waals surface area contributed by atoms with Gasteiger partial charge in [0, 0.05) is 12.6 Å². The third kappa shape index (κ3) is 6.34. The third-order valence-corrected chi connectivity index (χ3v) is 4.13. The van der Waals surface area contributed by atoms with Gasteiger partial charge in [0.05, 0.1) is 19.3 Å². The Hall–Kier alpha value is -3.36. The lowest BCUT2D eigenvalue weighted by atomic mass is 10.2. The van der Waals surface area contributed by atoms with Crippen molar-refractivity contribution in [3.05, 3.63) is 41.5 Å². The largest absolute Gasteiger partial charge is 0.461 e. The van der Waals surface area contributed by atoms with Crippen LogP contribution in [0.4, 0.5) is 16.4 Å². The molecule has 154 valence electrons. The Kier molecular flexibility index (Phi) is 7.21. The molecule has 2 aromatic rings. The van der Waals surface area contributed by atoms with E-state index in [1.165, 1.54) is 5.56 Å². The summed E-state index contributed by atoms with van der Waals surface area (Å²) in [5.41, 5.74) is 5.08. The molecule has 1 aromatic carbocycles. The number of nitrogens with zero attached hydrogens (tertiary/aromatic N) is 4. The normalized spacial score (nSPS) is 13.6. The molecule has 0 spiro atoms. The van der Waals surface area contributed by atoms with E-state index in [1.54, 1.807) is 17.2 Å². The molecule has 0 radical (unpaired) electrons. The van der Waals surface area contributed by atoms with E-state index in [-0.39, 0.29) is 18.7 Å². The summed E-state index contributed by atoms with van der Waals surface area (Å²) in [6.07, 6.45) is 2.37. The van der Waals surface area contributed by atoms with Crippen molar-refractivity contribution in [3.8, 4) is 6.01 Å². The fourth-order valence-corrected chi connectivity index (χ4v) is 2.69. The minimum absolute atomic E-state index is 0.215. The molecule has 2 heterocycles. The molecule has 1 fully saturated rings. The Labute approximate surface area is 170 Å². The highest BCUT2D eigenvalue weighted by Crippen LogP contribution is 2.16. The standard InChI is InChI=1S/C20H26N6O3/c1-3-7-21-17-13-18(25-22-14-16-6-4-5-15(2)12-16)24-19(23-17)28-10-8-26-9-11-29-20(26)27/h4-6,12-14H,3,7-11H2,1-2H3,(H2,21,23,24,25)/b22-14+. The molecular formula is C20H26N6O3. The SMILES string of the molecule is CCCNc1cc(N/N=C/c2cccc(C)c2)nc(OCCN2CCOC2=O)n1. The second-order valence-electron chi connectivity index (χ2n) is 6.58. The van der Waals surface area contributed by atoms with E-state index in [0.717, 1.165) is 18.5 Å². The van der Waals surface area contributed by atoms with Crippen molar-refractivity contribution in [3.63, 3.8) is 0 Å². The van der Waals surface area contributed by atoms with Gasteiger partial charge in [0.2, 0.25) is 0 Å². The Balaban J connectivity index is 1.63. The molecule has 3 rings (SSSR count). The number of hydrogen-bond acceptors (Lipinski definition) is 8. The monoisotopic (exact) mass is 398 g/mol. The number of rotatable bonds is 10. The number of benzene rings is 1. The minimum Gasteiger partial charge on any atom is -0.461 e. The topological polar surface area (TPSA) is 101 Å².